The van der Waals surface area contributed by atoms with Crippen LogP contribution in [-0.2, 0) is 15.1 Å². The Labute approximate surface area is 152 Å². The molecule has 3 rings (SSSR count). The average molecular weight is 346 g/mol. The molecule has 2 aromatic rings. The third-order valence-corrected chi connectivity index (χ3v) is 4.35. The quantitative estimate of drug-likeness (QED) is 0.795. The molecule has 1 heterocycles. The van der Waals surface area contributed by atoms with Crippen molar-refractivity contribution >= 4 is 18.0 Å². The van der Waals surface area contributed by atoms with E-state index >= 15 is 0 Å². The van der Waals surface area contributed by atoms with Gasteiger partial charge in [-0.05, 0) is 30.7 Å². The van der Waals surface area contributed by atoms with Gasteiger partial charge in [0, 0.05) is 17.3 Å². The van der Waals surface area contributed by atoms with E-state index in [0.29, 0.717) is 11.1 Å². The lowest BCUT2D eigenvalue weighted by molar-refractivity contribution is -0.145. The number of nitrogens with zero attached hydrogens (tertiary/aromatic N) is 2. The summed E-state index contributed by atoms with van der Waals surface area (Å²) in [6.07, 6.45) is 3.11. The van der Waals surface area contributed by atoms with Gasteiger partial charge in [0.2, 0.25) is 0 Å². The number of benzene rings is 2. The second kappa shape index (κ2) is 7.24. The predicted molar refractivity (Wildman–Crippen MR) is 96.6 cm³/mol. The van der Waals surface area contributed by atoms with Gasteiger partial charge >= 0.3 is 5.97 Å². The van der Waals surface area contributed by atoms with Crippen molar-refractivity contribution in [2.45, 2.75) is 18.9 Å². The third-order valence-electron chi connectivity index (χ3n) is 4.35. The smallest absolute Gasteiger partial charge is 0.309 e. The summed E-state index contributed by atoms with van der Waals surface area (Å²) < 4.78 is 5.07. The monoisotopic (exact) mass is 346 g/mol. The molecule has 0 fully saturated rings. The minimum atomic E-state index is -1.45. The summed E-state index contributed by atoms with van der Waals surface area (Å²) in [7, 11) is 0. The lowest BCUT2D eigenvalue weighted by Crippen LogP contribution is -2.49. The molecule has 0 aromatic heterocycles. The van der Waals surface area contributed by atoms with E-state index in [-0.39, 0.29) is 18.9 Å². The SMILES string of the molecule is CCOC(=O)C[C@@]1(C#N)c2ccccc2C=CN1C(=O)c1ccccc1. The first-order valence-corrected chi connectivity index (χ1v) is 8.35. The number of carbonyl (C=O) groups excluding carboxylic acids is 2. The minimum absolute atomic E-state index is 0.213. The summed E-state index contributed by atoms with van der Waals surface area (Å²) in [5, 5.41) is 10.1. The predicted octanol–water partition coefficient (Wildman–Crippen LogP) is 3.49. The Morgan fingerprint density at radius 1 is 1.12 bits per heavy atom. The van der Waals surface area contributed by atoms with Crippen LogP contribution < -0.4 is 0 Å². The Morgan fingerprint density at radius 3 is 2.50 bits per heavy atom. The van der Waals surface area contributed by atoms with Crippen LogP contribution in [0.15, 0.2) is 60.8 Å². The highest BCUT2D eigenvalue weighted by atomic mass is 16.5. The average Bonchev–Trinajstić information content (AvgIpc) is 2.68. The van der Waals surface area contributed by atoms with Gasteiger partial charge in [-0.3, -0.25) is 14.5 Å². The molecule has 5 nitrogen and oxygen atoms in total. The molecule has 26 heavy (non-hydrogen) atoms. The van der Waals surface area contributed by atoms with Crippen LogP contribution in [0.1, 0.15) is 34.8 Å². The molecule has 1 atom stereocenters. The van der Waals surface area contributed by atoms with E-state index in [0.717, 1.165) is 5.56 Å². The Bertz CT molecular complexity index is 899. The van der Waals surface area contributed by atoms with Gasteiger partial charge in [-0.25, -0.2) is 0 Å². The van der Waals surface area contributed by atoms with Gasteiger partial charge in [0.1, 0.15) is 0 Å². The highest BCUT2D eigenvalue weighted by Crippen LogP contribution is 2.39. The number of esters is 1. The van der Waals surface area contributed by atoms with Gasteiger partial charge in [-0.15, -0.1) is 0 Å². The van der Waals surface area contributed by atoms with E-state index < -0.39 is 11.5 Å². The fourth-order valence-corrected chi connectivity index (χ4v) is 3.15. The van der Waals surface area contributed by atoms with E-state index in [1.807, 2.05) is 18.2 Å². The molecule has 0 aliphatic carbocycles. The summed E-state index contributed by atoms with van der Waals surface area (Å²) in [5.41, 5.74) is 0.405. The van der Waals surface area contributed by atoms with Crippen LogP contribution in [0.25, 0.3) is 6.08 Å². The molecule has 0 saturated carbocycles. The normalized spacial score (nSPS) is 17.9. The summed E-state index contributed by atoms with van der Waals surface area (Å²) >= 11 is 0. The Morgan fingerprint density at radius 2 is 1.81 bits per heavy atom. The van der Waals surface area contributed by atoms with E-state index in [2.05, 4.69) is 6.07 Å². The number of rotatable bonds is 4. The standard InChI is InChI=1S/C21H18N2O3/c1-2-26-19(24)14-21(15-22)18-11-7-6-8-16(18)12-13-23(21)20(25)17-9-4-3-5-10-17/h3-13H,2,14H2,1H3/t21-/m1/s1. The molecular weight excluding hydrogens is 328 g/mol. The molecule has 1 amide bonds. The second-order valence-corrected chi connectivity index (χ2v) is 5.90. The fourth-order valence-electron chi connectivity index (χ4n) is 3.15. The Kier molecular flexibility index (Phi) is 4.85. The lowest BCUT2D eigenvalue weighted by Gasteiger charge is -2.39. The van der Waals surface area contributed by atoms with Crippen molar-refractivity contribution in [1.29, 1.82) is 5.26 Å². The van der Waals surface area contributed by atoms with Crippen LogP contribution in [0.4, 0.5) is 0 Å². The van der Waals surface area contributed by atoms with Crippen molar-refractivity contribution in [3.63, 3.8) is 0 Å². The van der Waals surface area contributed by atoms with Crippen LogP contribution >= 0.6 is 0 Å². The first-order valence-electron chi connectivity index (χ1n) is 8.35. The molecule has 2 aromatic carbocycles. The molecule has 0 unspecified atom stereocenters. The van der Waals surface area contributed by atoms with Crippen molar-refractivity contribution < 1.29 is 14.3 Å². The zero-order chi connectivity index (χ0) is 18.6. The van der Waals surface area contributed by atoms with Gasteiger partial charge in [-0.1, -0.05) is 42.5 Å². The maximum absolute atomic E-state index is 13.1. The molecule has 0 N–H and O–H groups in total. The van der Waals surface area contributed by atoms with E-state index in [1.165, 1.54) is 4.90 Å². The van der Waals surface area contributed by atoms with Crippen LogP contribution in [0.3, 0.4) is 0 Å². The second-order valence-electron chi connectivity index (χ2n) is 5.90. The largest absolute Gasteiger partial charge is 0.466 e. The number of amides is 1. The van der Waals surface area contributed by atoms with Crippen molar-refractivity contribution in [2.24, 2.45) is 0 Å². The molecular formula is C21H18N2O3. The Hall–Kier alpha value is -3.39. The van der Waals surface area contributed by atoms with Crippen LogP contribution in [-0.4, -0.2) is 23.4 Å². The number of hydrogen-bond acceptors (Lipinski definition) is 4. The first-order chi connectivity index (χ1) is 12.6. The van der Waals surface area contributed by atoms with Gasteiger partial charge in [0.15, 0.2) is 5.54 Å². The zero-order valence-electron chi connectivity index (χ0n) is 14.4. The van der Waals surface area contributed by atoms with Gasteiger partial charge in [0.25, 0.3) is 5.91 Å². The molecule has 0 radical (unpaired) electrons. The zero-order valence-corrected chi connectivity index (χ0v) is 14.4. The van der Waals surface area contributed by atoms with Gasteiger partial charge in [-0.2, -0.15) is 5.26 Å². The highest BCUT2D eigenvalue weighted by molar-refractivity contribution is 5.97. The van der Waals surface area contributed by atoms with Crippen molar-refractivity contribution in [3.8, 4) is 6.07 Å². The van der Waals surface area contributed by atoms with Gasteiger partial charge < -0.3 is 4.74 Å². The molecule has 5 heteroatoms. The fraction of sp³-hybridized carbons (Fsp3) is 0.190. The van der Waals surface area contributed by atoms with Crippen LogP contribution in [0, 0.1) is 11.3 Å². The maximum Gasteiger partial charge on any atom is 0.309 e. The number of fused-ring (bicyclic) bond motifs is 1. The summed E-state index contributed by atoms with van der Waals surface area (Å²) in [6, 6.07) is 18.2. The Balaban J connectivity index is 2.12. The highest BCUT2D eigenvalue weighted by Gasteiger charge is 2.46. The number of nitriles is 1. The first kappa shape index (κ1) is 17.4. The van der Waals surface area contributed by atoms with E-state index in [9.17, 15) is 14.9 Å². The number of hydrogen-bond donors (Lipinski definition) is 0. The molecule has 130 valence electrons. The third kappa shape index (κ3) is 2.98. The lowest BCUT2D eigenvalue weighted by atomic mass is 9.80. The molecule has 1 aliphatic heterocycles. The molecule has 0 spiro atoms. The number of carbonyl (C=O) groups is 2. The number of ether oxygens (including phenoxy) is 1. The van der Waals surface area contributed by atoms with Gasteiger partial charge in [0.05, 0.1) is 19.1 Å². The van der Waals surface area contributed by atoms with Crippen molar-refractivity contribution in [2.75, 3.05) is 6.61 Å². The van der Waals surface area contributed by atoms with Crippen LogP contribution in [0.5, 0.6) is 0 Å². The van der Waals surface area contributed by atoms with E-state index in [4.69, 9.17) is 4.74 Å². The summed E-state index contributed by atoms with van der Waals surface area (Å²) in [6.45, 7) is 1.92. The maximum atomic E-state index is 13.1. The molecule has 1 aliphatic rings. The minimum Gasteiger partial charge on any atom is -0.466 e. The molecule has 0 bridgehead atoms. The van der Waals surface area contributed by atoms with Crippen LogP contribution in [0.2, 0.25) is 0 Å². The summed E-state index contributed by atoms with van der Waals surface area (Å²) in [4.78, 5) is 26.7. The topological polar surface area (TPSA) is 70.4 Å². The molecule has 0 saturated heterocycles. The van der Waals surface area contributed by atoms with E-state index in [1.54, 1.807) is 55.6 Å². The van der Waals surface area contributed by atoms with Crippen molar-refractivity contribution in [1.82, 2.24) is 4.90 Å². The summed E-state index contributed by atoms with van der Waals surface area (Å²) in [5.74, 6) is -0.868. The van der Waals surface area contributed by atoms with Crippen molar-refractivity contribution in [3.05, 3.63) is 77.5 Å².